The minimum absolute atomic E-state index is 0.0315. The SMILES string of the molecule is Cc1cnc(NC(=O)c2cc(Oc3ncc(C(=O)N4CCC4)cc3C)cc(OC3CCN(C)CC3=O)c2)cn1. The summed E-state index contributed by atoms with van der Waals surface area (Å²) in [6.07, 6.45) is 5.44. The van der Waals surface area contributed by atoms with Crippen LogP contribution in [0.2, 0.25) is 0 Å². The lowest BCUT2D eigenvalue weighted by Crippen LogP contribution is -2.44. The van der Waals surface area contributed by atoms with E-state index in [1.165, 1.54) is 12.4 Å². The van der Waals surface area contributed by atoms with Gasteiger partial charge in [0.05, 0.1) is 30.2 Å². The van der Waals surface area contributed by atoms with Gasteiger partial charge < -0.3 is 19.7 Å². The van der Waals surface area contributed by atoms with Gasteiger partial charge in [-0.1, -0.05) is 0 Å². The molecule has 11 nitrogen and oxygen atoms in total. The number of aromatic nitrogens is 3. The molecule has 5 rings (SSSR count). The van der Waals surface area contributed by atoms with Gasteiger partial charge in [-0.15, -0.1) is 0 Å². The third-order valence-electron chi connectivity index (χ3n) is 6.64. The van der Waals surface area contributed by atoms with Gasteiger partial charge in [0.2, 0.25) is 5.88 Å². The van der Waals surface area contributed by atoms with Crippen molar-refractivity contribution >= 4 is 23.4 Å². The number of nitrogens with one attached hydrogen (secondary N) is 1. The predicted molar refractivity (Wildman–Crippen MR) is 142 cm³/mol. The van der Waals surface area contributed by atoms with Crippen LogP contribution < -0.4 is 14.8 Å². The van der Waals surface area contributed by atoms with E-state index in [4.69, 9.17) is 9.47 Å². The van der Waals surface area contributed by atoms with Crippen LogP contribution in [0.1, 0.15) is 44.8 Å². The summed E-state index contributed by atoms with van der Waals surface area (Å²) in [5.41, 5.74) is 2.13. The van der Waals surface area contributed by atoms with Crippen molar-refractivity contribution in [2.24, 2.45) is 0 Å². The second kappa shape index (κ2) is 11.2. The number of anilines is 1. The Morgan fingerprint density at radius 3 is 2.41 bits per heavy atom. The van der Waals surface area contributed by atoms with Crippen molar-refractivity contribution in [3.63, 3.8) is 0 Å². The van der Waals surface area contributed by atoms with E-state index in [0.29, 0.717) is 47.3 Å². The number of likely N-dealkylation sites (N-methyl/N-ethyl adjacent to an activating group) is 1. The average molecular weight is 531 g/mol. The zero-order chi connectivity index (χ0) is 27.5. The zero-order valence-electron chi connectivity index (χ0n) is 22.1. The molecule has 1 atom stereocenters. The number of ether oxygens (including phenoxy) is 2. The van der Waals surface area contributed by atoms with Crippen molar-refractivity contribution in [1.29, 1.82) is 0 Å². The number of nitrogens with zero attached hydrogens (tertiary/aromatic N) is 5. The molecule has 2 amide bonds. The molecule has 0 spiro atoms. The number of ketones is 1. The van der Waals surface area contributed by atoms with Crippen molar-refractivity contribution in [1.82, 2.24) is 24.8 Å². The number of benzene rings is 1. The summed E-state index contributed by atoms with van der Waals surface area (Å²) in [6, 6.07) is 6.48. The van der Waals surface area contributed by atoms with Crippen LogP contribution in [0.5, 0.6) is 17.4 Å². The maximum Gasteiger partial charge on any atom is 0.257 e. The van der Waals surface area contributed by atoms with Crippen LogP contribution in [-0.4, -0.2) is 81.7 Å². The Bertz CT molecular complexity index is 1410. The highest BCUT2D eigenvalue weighted by Crippen LogP contribution is 2.30. The number of aryl methyl sites for hydroxylation is 2. The molecule has 2 saturated heterocycles. The Kier molecular flexibility index (Phi) is 7.51. The second-order valence-corrected chi connectivity index (χ2v) is 9.88. The van der Waals surface area contributed by atoms with E-state index < -0.39 is 12.0 Å². The highest BCUT2D eigenvalue weighted by molar-refractivity contribution is 6.04. The fraction of sp³-hybridized carbons (Fsp3) is 0.357. The van der Waals surface area contributed by atoms with Crippen molar-refractivity contribution in [3.05, 3.63) is 65.2 Å². The first-order valence-corrected chi connectivity index (χ1v) is 12.8. The number of pyridine rings is 1. The van der Waals surface area contributed by atoms with Crippen molar-refractivity contribution in [2.75, 3.05) is 38.5 Å². The van der Waals surface area contributed by atoms with Gasteiger partial charge in [-0.05, 0) is 45.5 Å². The fourth-order valence-corrected chi connectivity index (χ4v) is 4.31. The summed E-state index contributed by atoms with van der Waals surface area (Å²) in [4.78, 5) is 54.6. The minimum Gasteiger partial charge on any atom is -0.482 e. The first-order valence-electron chi connectivity index (χ1n) is 12.8. The van der Waals surface area contributed by atoms with Gasteiger partial charge >= 0.3 is 0 Å². The minimum atomic E-state index is -0.623. The molecule has 1 N–H and O–H groups in total. The number of piperidine rings is 1. The molecule has 4 heterocycles. The van der Waals surface area contributed by atoms with Crippen molar-refractivity contribution in [2.45, 2.75) is 32.8 Å². The van der Waals surface area contributed by atoms with Gasteiger partial charge in [-0.2, -0.15) is 0 Å². The largest absolute Gasteiger partial charge is 0.482 e. The molecular formula is C28H30N6O5. The molecule has 202 valence electrons. The molecule has 0 radical (unpaired) electrons. The maximum atomic E-state index is 13.1. The number of amides is 2. The lowest BCUT2D eigenvalue weighted by Gasteiger charge is -2.30. The van der Waals surface area contributed by atoms with E-state index in [1.807, 2.05) is 11.9 Å². The van der Waals surface area contributed by atoms with Crippen LogP contribution in [0.3, 0.4) is 0 Å². The lowest BCUT2D eigenvalue weighted by atomic mass is 10.1. The van der Waals surface area contributed by atoms with Crippen LogP contribution in [-0.2, 0) is 4.79 Å². The topological polar surface area (TPSA) is 127 Å². The maximum absolute atomic E-state index is 13.1. The molecule has 2 aliphatic rings. The molecule has 3 aromatic rings. The van der Waals surface area contributed by atoms with E-state index >= 15 is 0 Å². The Morgan fingerprint density at radius 1 is 0.949 bits per heavy atom. The average Bonchev–Trinajstić information content (AvgIpc) is 2.87. The molecule has 0 saturated carbocycles. The van der Waals surface area contributed by atoms with Crippen molar-refractivity contribution in [3.8, 4) is 17.4 Å². The Morgan fingerprint density at radius 2 is 1.74 bits per heavy atom. The van der Waals surface area contributed by atoms with Gasteiger partial charge in [0.25, 0.3) is 11.8 Å². The van der Waals surface area contributed by atoms with E-state index in [0.717, 1.165) is 31.7 Å². The van der Waals surface area contributed by atoms with Gasteiger partial charge in [-0.3, -0.25) is 24.3 Å². The van der Waals surface area contributed by atoms with Gasteiger partial charge in [0.15, 0.2) is 17.7 Å². The highest BCUT2D eigenvalue weighted by Gasteiger charge is 2.27. The quantitative estimate of drug-likeness (QED) is 0.490. The Hall–Kier alpha value is -4.38. The highest BCUT2D eigenvalue weighted by atomic mass is 16.5. The molecule has 0 bridgehead atoms. The normalized spacial score (nSPS) is 17.4. The van der Waals surface area contributed by atoms with Gasteiger partial charge in [-0.25, -0.2) is 9.97 Å². The molecule has 39 heavy (non-hydrogen) atoms. The number of Topliss-reactive ketones (excluding diaryl/α,β-unsaturated/α-hetero) is 1. The molecule has 2 aromatic heterocycles. The van der Waals surface area contributed by atoms with E-state index in [-0.39, 0.29) is 17.3 Å². The Balaban J connectivity index is 1.40. The zero-order valence-corrected chi connectivity index (χ0v) is 22.1. The number of rotatable bonds is 7. The van der Waals surface area contributed by atoms with E-state index in [2.05, 4.69) is 20.3 Å². The lowest BCUT2D eigenvalue weighted by molar-refractivity contribution is -0.129. The number of likely N-dealkylation sites (tertiary alicyclic amines) is 2. The molecular weight excluding hydrogens is 500 g/mol. The number of carbonyl (C=O) groups is 3. The van der Waals surface area contributed by atoms with Crippen LogP contribution in [0.25, 0.3) is 0 Å². The Labute approximate surface area is 226 Å². The third-order valence-corrected chi connectivity index (χ3v) is 6.64. The molecule has 1 unspecified atom stereocenters. The predicted octanol–water partition coefficient (Wildman–Crippen LogP) is 3.03. The van der Waals surface area contributed by atoms with Crippen LogP contribution in [0, 0.1) is 13.8 Å². The number of hydrogen-bond donors (Lipinski definition) is 1. The second-order valence-electron chi connectivity index (χ2n) is 9.88. The van der Waals surface area contributed by atoms with Gasteiger partial charge in [0.1, 0.15) is 11.5 Å². The first-order chi connectivity index (χ1) is 18.7. The third kappa shape index (κ3) is 6.20. The monoisotopic (exact) mass is 530 g/mol. The molecule has 11 heteroatoms. The molecule has 2 aliphatic heterocycles. The van der Waals surface area contributed by atoms with Crippen molar-refractivity contribution < 1.29 is 23.9 Å². The van der Waals surface area contributed by atoms with Gasteiger partial charge in [0, 0.05) is 49.4 Å². The summed E-state index contributed by atoms with van der Waals surface area (Å²) in [5, 5.41) is 2.72. The summed E-state index contributed by atoms with van der Waals surface area (Å²) >= 11 is 0. The number of carbonyl (C=O) groups excluding carboxylic acids is 3. The molecule has 2 fully saturated rings. The summed E-state index contributed by atoms with van der Waals surface area (Å²) < 4.78 is 12.1. The standard InChI is InChI=1S/C28H30N6O5/c1-17-9-20(28(37)34-6-4-7-34)14-31-27(17)39-22-11-19(26(36)32-25-15-29-18(2)13-30-25)10-21(12-22)38-24-5-8-33(3)16-23(24)35/h9-15,24H,4-8,16H2,1-3H3,(H,30,32,36). The molecule has 1 aromatic carbocycles. The van der Waals surface area contributed by atoms with E-state index in [1.54, 1.807) is 49.2 Å². The van der Waals surface area contributed by atoms with Crippen LogP contribution in [0.15, 0.2) is 42.9 Å². The first kappa shape index (κ1) is 26.2. The fourth-order valence-electron chi connectivity index (χ4n) is 4.31. The molecule has 0 aliphatic carbocycles. The van der Waals surface area contributed by atoms with E-state index in [9.17, 15) is 14.4 Å². The smallest absolute Gasteiger partial charge is 0.257 e. The number of hydrogen-bond acceptors (Lipinski definition) is 9. The summed E-state index contributed by atoms with van der Waals surface area (Å²) in [5.74, 6) is 0.667. The summed E-state index contributed by atoms with van der Waals surface area (Å²) in [6.45, 7) is 6.13. The summed E-state index contributed by atoms with van der Waals surface area (Å²) in [7, 11) is 1.89. The van der Waals surface area contributed by atoms with Crippen LogP contribution >= 0.6 is 0 Å². The van der Waals surface area contributed by atoms with Crippen LogP contribution in [0.4, 0.5) is 5.82 Å².